The maximum absolute atomic E-state index is 13.2. The zero-order chi connectivity index (χ0) is 21.7. The molecule has 0 bridgehead atoms. The molecule has 31 heavy (non-hydrogen) atoms. The third-order valence-corrected chi connectivity index (χ3v) is 8.15. The van der Waals surface area contributed by atoms with E-state index in [9.17, 15) is 13.2 Å². The molecule has 1 aromatic carbocycles. The Morgan fingerprint density at radius 2 is 1.74 bits per heavy atom. The maximum atomic E-state index is 13.2. The number of nitrogens with zero attached hydrogens (tertiary/aromatic N) is 4. The van der Waals surface area contributed by atoms with Crippen molar-refractivity contribution in [2.75, 3.05) is 44.2 Å². The van der Waals surface area contributed by atoms with E-state index in [0.29, 0.717) is 45.6 Å². The molecule has 0 saturated carbocycles. The molecule has 9 heteroatoms. The summed E-state index contributed by atoms with van der Waals surface area (Å²) in [7, 11) is -3.49. The van der Waals surface area contributed by atoms with E-state index in [-0.39, 0.29) is 13.2 Å². The second kappa shape index (κ2) is 9.65. The molecule has 2 aliphatic rings. The first-order valence-electron chi connectivity index (χ1n) is 10.6. The number of carbonyl (C=O) groups excluding carboxylic acids is 1. The van der Waals surface area contributed by atoms with Gasteiger partial charge in [-0.2, -0.15) is 4.31 Å². The lowest BCUT2D eigenvalue weighted by Gasteiger charge is -2.38. The van der Waals surface area contributed by atoms with Gasteiger partial charge in [-0.05, 0) is 30.5 Å². The van der Waals surface area contributed by atoms with Crippen LogP contribution in [0.1, 0.15) is 18.4 Å². The predicted molar refractivity (Wildman–Crippen MR) is 118 cm³/mol. The monoisotopic (exact) mass is 444 g/mol. The van der Waals surface area contributed by atoms with Gasteiger partial charge in [-0.15, -0.1) is 0 Å². The fraction of sp³-hybridized carbons (Fsp3) is 0.455. The lowest BCUT2D eigenvalue weighted by Crippen LogP contribution is -2.54. The van der Waals surface area contributed by atoms with Crippen LogP contribution in [0.2, 0.25) is 0 Å². The molecule has 1 amide bonds. The van der Waals surface area contributed by atoms with Gasteiger partial charge in [0.1, 0.15) is 12.4 Å². The molecule has 3 heterocycles. The molecule has 8 nitrogen and oxygen atoms in total. The summed E-state index contributed by atoms with van der Waals surface area (Å²) < 4.78 is 33.5. The SMILES string of the molecule is O=C(OCc1ccccc1)N1CCCC(S(=O)(=O)N2CCN(c3ccccn3)CC2)C1. The van der Waals surface area contributed by atoms with E-state index in [1.54, 1.807) is 10.5 Å². The van der Waals surface area contributed by atoms with Crippen LogP contribution in [-0.4, -0.2) is 73.2 Å². The summed E-state index contributed by atoms with van der Waals surface area (Å²) in [6, 6.07) is 15.2. The van der Waals surface area contributed by atoms with Crippen LogP contribution in [0, 0.1) is 0 Å². The van der Waals surface area contributed by atoms with E-state index in [0.717, 1.165) is 11.4 Å². The number of piperazine rings is 1. The van der Waals surface area contributed by atoms with Crippen molar-refractivity contribution in [2.45, 2.75) is 24.7 Å². The fourth-order valence-electron chi connectivity index (χ4n) is 4.08. The number of pyridine rings is 1. The third-order valence-electron chi connectivity index (χ3n) is 5.83. The van der Waals surface area contributed by atoms with Crippen LogP contribution < -0.4 is 4.90 Å². The van der Waals surface area contributed by atoms with E-state index >= 15 is 0 Å². The Bertz CT molecular complexity index is 964. The maximum Gasteiger partial charge on any atom is 0.410 e. The number of sulfonamides is 1. The molecule has 0 spiro atoms. The fourth-order valence-corrected chi connectivity index (χ4v) is 6.01. The Hall–Kier alpha value is -2.65. The molecule has 1 unspecified atom stereocenters. The first-order chi connectivity index (χ1) is 15.0. The van der Waals surface area contributed by atoms with Gasteiger partial charge in [0.05, 0.1) is 5.25 Å². The van der Waals surface area contributed by atoms with Gasteiger partial charge in [-0.25, -0.2) is 18.2 Å². The van der Waals surface area contributed by atoms with Crippen molar-refractivity contribution in [1.82, 2.24) is 14.2 Å². The minimum atomic E-state index is -3.49. The summed E-state index contributed by atoms with van der Waals surface area (Å²) >= 11 is 0. The molecule has 0 N–H and O–H groups in total. The number of aromatic nitrogens is 1. The molecule has 2 aromatic rings. The highest BCUT2D eigenvalue weighted by Gasteiger charge is 2.38. The molecular formula is C22H28N4O4S. The summed E-state index contributed by atoms with van der Waals surface area (Å²) in [5, 5.41) is -0.591. The van der Waals surface area contributed by atoms with Gasteiger partial charge >= 0.3 is 6.09 Å². The van der Waals surface area contributed by atoms with Crippen molar-refractivity contribution in [3.05, 3.63) is 60.3 Å². The Morgan fingerprint density at radius 3 is 2.45 bits per heavy atom. The highest BCUT2D eigenvalue weighted by molar-refractivity contribution is 7.89. The lowest BCUT2D eigenvalue weighted by atomic mass is 10.1. The number of hydrogen-bond donors (Lipinski definition) is 0. The minimum absolute atomic E-state index is 0.177. The van der Waals surface area contributed by atoms with E-state index in [2.05, 4.69) is 9.88 Å². The Morgan fingerprint density at radius 1 is 1.00 bits per heavy atom. The molecule has 2 aliphatic heterocycles. The highest BCUT2D eigenvalue weighted by Crippen LogP contribution is 2.23. The number of ether oxygens (including phenoxy) is 1. The van der Waals surface area contributed by atoms with Crippen LogP contribution >= 0.6 is 0 Å². The van der Waals surface area contributed by atoms with Crippen molar-refractivity contribution in [1.29, 1.82) is 0 Å². The van der Waals surface area contributed by atoms with Crippen molar-refractivity contribution in [3.63, 3.8) is 0 Å². The predicted octanol–water partition coefficient (Wildman–Crippen LogP) is 2.33. The quantitative estimate of drug-likeness (QED) is 0.704. The van der Waals surface area contributed by atoms with Crippen LogP contribution in [0.25, 0.3) is 0 Å². The second-order valence-electron chi connectivity index (χ2n) is 7.87. The molecule has 4 rings (SSSR count). The molecule has 1 aromatic heterocycles. The van der Waals surface area contributed by atoms with E-state index in [4.69, 9.17) is 4.74 Å². The van der Waals surface area contributed by atoms with Gasteiger partial charge in [0.15, 0.2) is 0 Å². The number of piperidine rings is 1. The van der Waals surface area contributed by atoms with Crippen molar-refractivity contribution in [3.8, 4) is 0 Å². The minimum Gasteiger partial charge on any atom is -0.445 e. The van der Waals surface area contributed by atoms with E-state index in [1.165, 1.54) is 4.90 Å². The van der Waals surface area contributed by atoms with Gasteiger partial charge in [0.2, 0.25) is 10.0 Å². The number of rotatable bonds is 5. The van der Waals surface area contributed by atoms with Crippen LogP contribution in [0.5, 0.6) is 0 Å². The molecule has 0 aliphatic carbocycles. The standard InChI is InChI=1S/C22H28N4O4S/c27-22(30-18-19-7-2-1-3-8-19)25-12-6-9-20(17-25)31(28,29)26-15-13-24(14-16-26)21-10-4-5-11-23-21/h1-5,7-8,10-11,20H,6,9,12-18H2. The topological polar surface area (TPSA) is 83.0 Å². The first-order valence-corrected chi connectivity index (χ1v) is 12.1. The smallest absolute Gasteiger partial charge is 0.410 e. The van der Waals surface area contributed by atoms with Crippen LogP contribution in [0.15, 0.2) is 54.7 Å². The zero-order valence-corrected chi connectivity index (χ0v) is 18.3. The summed E-state index contributed by atoms with van der Waals surface area (Å²) in [6.45, 7) is 2.94. The zero-order valence-electron chi connectivity index (χ0n) is 17.5. The van der Waals surface area contributed by atoms with E-state index in [1.807, 2.05) is 48.5 Å². The Balaban J connectivity index is 1.32. The number of likely N-dealkylation sites (tertiary alicyclic amines) is 1. The third kappa shape index (κ3) is 5.16. The Labute approximate surface area is 183 Å². The summed E-state index contributed by atoms with van der Waals surface area (Å²) in [6.07, 6.45) is 2.50. The average Bonchev–Trinajstić information content (AvgIpc) is 2.84. The van der Waals surface area contributed by atoms with Gasteiger partial charge in [-0.1, -0.05) is 36.4 Å². The van der Waals surface area contributed by atoms with Gasteiger partial charge < -0.3 is 14.5 Å². The van der Waals surface area contributed by atoms with Gasteiger partial charge in [0.25, 0.3) is 0 Å². The van der Waals surface area contributed by atoms with Crippen molar-refractivity contribution in [2.24, 2.45) is 0 Å². The number of anilines is 1. The normalized spacial score (nSPS) is 20.5. The van der Waals surface area contributed by atoms with Crippen molar-refractivity contribution < 1.29 is 17.9 Å². The second-order valence-corrected chi connectivity index (χ2v) is 10.1. The van der Waals surface area contributed by atoms with Crippen LogP contribution in [0.3, 0.4) is 0 Å². The van der Waals surface area contributed by atoms with Gasteiger partial charge in [0, 0.05) is 45.5 Å². The molecular weight excluding hydrogens is 416 g/mol. The summed E-state index contributed by atoms with van der Waals surface area (Å²) in [5.74, 6) is 0.865. The van der Waals surface area contributed by atoms with Crippen molar-refractivity contribution >= 4 is 21.9 Å². The van der Waals surface area contributed by atoms with Crippen LogP contribution in [0.4, 0.5) is 10.6 Å². The molecule has 2 saturated heterocycles. The number of benzene rings is 1. The summed E-state index contributed by atoms with van der Waals surface area (Å²) in [4.78, 5) is 20.5. The highest BCUT2D eigenvalue weighted by atomic mass is 32.2. The molecule has 2 fully saturated rings. The number of amides is 1. The van der Waals surface area contributed by atoms with Crippen LogP contribution in [-0.2, 0) is 21.4 Å². The first kappa shape index (κ1) is 21.6. The lowest BCUT2D eigenvalue weighted by molar-refractivity contribution is 0.0896. The number of hydrogen-bond acceptors (Lipinski definition) is 6. The largest absolute Gasteiger partial charge is 0.445 e. The molecule has 1 atom stereocenters. The Kier molecular flexibility index (Phi) is 6.72. The number of carbonyl (C=O) groups is 1. The van der Waals surface area contributed by atoms with E-state index < -0.39 is 21.4 Å². The molecule has 166 valence electrons. The van der Waals surface area contributed by atoms with Gasteiger partial charge in [-0.3, -0.25) is 0 Å². The summed E-state index contributed by atoms with van der Waals surface area (Å²) in [5.41, 5.74) is 0.905. The average molecular weight is 445 g/mol. The molecule has 0 radical (unpaired) electrons.